The smallest absolute Gasteiger partial charge is 0.333 e. The third-order valence-electron chi connectivity index (χ3n) is 13.5. The highest BCUT2D eigenvalue weighted by Gasteiger charge is 2.47. The Bertz CT molecular complexity index is 3050. The van der Waals surface area contributed by atoms with E-state index >= 15 is 0 Å². The van der Waals surface area contributed by atoms with Gasteiger partial charge >= 0.3 is 6.85 Å². The number of para-hydroxylation sites is 1. The van der Waals surface area contributed by atoms with Crippen LogP contribution in [0.2, 0.25) is 0 Å². The van der Waals surface area contributed by atoms with Crippen LogP contribution in [-0.4, -0.2) is 6.85 Å². The summed E-state index contributed by atoms with van der Waals surface area (Å²) in [6.07, 6.45) is 0. The summed E-state index contributed by atoms with van der Waals surface area (Å²) in [7, 11) is 0. The van der Waals surface area contributed by atoms with E-state index in [1.807, 2.05) is 0 Å². The Kier molecular flexibility index (Phi) is 8.89. The van der Waals surface area contributed by atoms with Crippen molar-refractivity contribution in [2.24, 2.45) is 0 Å². The average Bonchev–Trinajstić information content (AvgIpc) is 3.59. The van der Waals surface area contributed by atoms with Crippen LogP contribution in [0, 0.1) is 0 Å². The van der Waals surface area contributed by atoms with Crippen LogP contribution in [0.15, 0.2) is 144 Å². The number of nitrogens with zero attached hydrogens (tertiary/aromatic N) is 2. The third-order valence-corrected chi connectivity index (χ3v) is 13.5. The zero-order chi connectivity index (χ0) is 43.7. The van der Waals surface area contributed by atoms with Gasteiger partial charge in [-0.3, -0.25) is 0 Å². The van der Waals surface area contributed by atoms with Gasteiger partial charge in [-0.15, -0.1) is 0 Å². The van der Waals surface area contributed by atoms with Gasteiger partial charge < -0.3 is 14.1 Å². The van der Waals surface area contributed by atoms with Crippen molar-refractivity contribution in [3.63, 3.8) is 0 Å². The van der Waals surface area contributed by atoms with Crippen LogP contribution >= 0.6 is 0 Å². The minimum Gasteiger partial charge on any atom is -0.456 e. The van der Waals surface area contributed by atoms with Gasteiger partial charge in [0.2, 0.25) is 0 Å². The molecule has 8 aromatic rings. The van der Waals surface area contributed by atoms with E-state index in [9.17, 15) is 0 Å². The fourth-order valence-corrected chi connectivity index (χ4v) is 9.79. The summed E-state index contributed by atoms with van der Waals surface area (Å²) in [5.74, 6) is 0. The molecule has 2 aliphatic rings. The maximum Gasteiger partial charge on any atom is 0.333 e. The molecule has 0 radical (unpaired) electrons. The van der Waals surface area contributed by atoms with Crippen molar-refractivity contribution in [2.45, 2.75) is 105 Å². The summed E-state index contributed by atoms with van der Waals surface area (Å²) < 4.78 is 6.79. The molecule has 0 saturated heterocycles. The summed E-state index contributed by atoms with van der Waals surface area (Å²) >= 11 is 0. The quantitative estimate of drug-likeness (QED) is 0.166. The Labute approximate surface area is 369 Å². The normalized spacial score (nSPS) is 14.0. The third kappa shape index (κ3) is 6.48. The second kappa shape index (κ2) is 13.8. The number of benzene rings is 7. The van der Waals surface area contributed by atoms with Crippen molar-refractivity contribution in [1.29, 1.82) is 0 Å². The number of rotatable bonds is 3. The molecule has 0 aliphatic carbocycles. The van der Waals surface area contributed by atoms with Crippen LogP contribution in [0.1, 0.15) is 105 Å². The van der Waals surface area contributed by atoms with Crippen LogP contribution in [0.4, 0.5) is 28.4 Å². The van der Waals surface area contributed by atoms with Gasteiger partial charge in [0, 0.05) is 44.6 Å². The zero-order valence-corrected chi connectivity index (χ0v) is 38.7. The zero-order valence-electron chi connectivity index (χ0n) is 38.7. The Balaban J connectivity index is 1.37. The molecule has 0 spiro atoms. The molecule has 10 rings (SSSR count). The van der Waals surface area contributed by atoms with E-state index in [1.165, 1.54) is 83.9 Å². The van der Waals surface area contributed by atoms with Gasteiger partial charge in [-0.1, -0.05) is 168 Å². The molecule has 0 unspecified atom stereocenters. The molecule has 0 bridgehead atoms. The molecule has 0 amide bonds. The Morgan fingerprint density at radius 1 is 0.403 bits per heavy atom. The number of fused-ring (bicyclic) bond motifs is 7. The Morgan fingerprint density at radius 3 is 1.66 bits per heavy atom. The highest BCUT2D eigenvalue weighted by Crippen LogP contribution is 2.51. The van der Waals surface area contributed by atoms with E-state index in [2.05, 4.69) is 232 Å². The van der Waals surface area contributed by atoms with Crippen LogP contribution < -0.4 is 20.6 Å². The lowest BCUT2D eigenvalue weighted by atomic mass is 9.43. The van der Waals surface area contributed by atoms with Gasteiger partial charge in [0.05, 0.1) is 5.69 Å². The average molecular weight is 811 g/mol. The molecule has 2 aliphatic heterocycles. The van der Waals surface area contributed by atoms with Crippen molar-refractivity contribution >= 4 is 68.1 Å². The second-order valence-corrected chi connectivity index (χ2v) is 21.9. The van der Waals surface area contributed by atoms with Gasteiger partial charge in [0.25, 0.3) is 0 Å². The standard InChI is InChI=1S/C58H59BN2O/c1-55(2,3)37-22-26-41(27-23-37)61-49-32-39(57(7,8)9)24-28-42(49)46-31-40(58(10,11)12)33-51-54(46)59(61)47-35-53-45(43-20-16-17-21-52(43)62-53)34-50(47)60(51)48-29-25-38(56(4,5)6)30-44(48)36-18-14-13-15-19-36/h13-35H,1-12H3. The first-order valence-electron chi connectivity index (χ1n) is 22.5. The molecule has 3 heterocycles. The van der Waals surface area contributed by atoms with Crippen molar-refractivity contribution < 1.29 is 4.42 Å². The lowest BCUT2D eigenvalue weighted by molar-refractivity contribution is 0.589. The molecular weight excluding hydrogens is 751 g/mol. The Hall–Kier alpha value is -6.00. The van der Waals surface area contributed by atoms with Crippen LogP contribution in [-0.2, 0) is 21.7 Å². The summed E-state index contributed by atoms with van der Waals surface area (Å²) in [4.78, 5) is 5.25. The van der Waals surface area contributed by atoms with E-state index in [4.69, 9.17) is 4.42 Å². The number of hydrogen-bond acceptors (Lipinski definition) is 3. The fraction of sp³-hybridized carbons (Fsp3) is 0.276. The molecular formula is C58H59BN2O. The highest BCUT2D eigenvalue weighted by atomic mass is 16.3. The monoisotopic (exact) mass is 810 g/mol. The fourth-order valence-electron chi connectivity index (χ4n) is 9.79. The van der Waals surface area contributed by atoms with Gasteiger partial charge in [-0.25, -0.2) is 0 Å². The summed E-state index contributed by atoms with van der Waals surface area (Å²) in [6.45, 7) is 27.7. The van der Waals surface area contributed by atoms with Gasteiger partial charge in [0.15, 0.2) is 0 Å². The van der Waals surface area contributed by atoms with E-state index in [1.54, 1.807) is 0 Å². The maximum atomic E-state index is 6.79. The van der Waals surface area contributed by atoms with Crippen LogP contribution in [0.3, 0.4) is 0 Å². The molecule has 0 fully saturated rings. The minimum atomic E-state index is -0.143. The van der Waals surface area contributed by atoms with Gasteiger partial charge in [-0.2, -0.15) is 0 Å². The summed E-state index contributed by atoms with van der Waals surface area (Å²) in [5.41, 5.74) is 20.4. The molecule has 4 heteroatoms. The molecule has 62 heavy (non-hydrogen) atoms. The number of furan rings is 1. The van der Waals surface area contributed by atoms with Crippen molar-refractivity contribution in [1.82, 2.24) is 0 Å². The van der Waals surface area contributed by atoms with Crippen LogP contribution in [0.5, 0.6) is 0 Å². The maximum absolute atomic E-state index is 6.79. The van der Waals surface area contributed by atoms with Crippen molar-refractivity contribution in [3.05, 3.63) is 162 Å². The first-order chi connectivity index (χ1) is 29.3. The largest absolute Gasteiger partial charge is 0.456 e. The second-order valence-electron chi connectivity index (χ2n) is 21.9. The predicted molar refractivity (Wildman–Crippen MR) is 268 cm³/mol. The van der Waals surface area contributed by atoms with Gasteiger partial charge in [0.1, 0.15) is 11.2 Å². The molecule has 7 aromatic carbocycles. The highest BCUT2D eigenvalue weighted by molar-refractivity contribution is 6.93. The van der Waals surface area contributed by atoms with Gasteiger partial charge in [-0.05, 0) is 121 Å². The van der Waals surface area contributed by atoms with Crippen molar-refractivity contribution in [3.8, 4) is 22.3 Å². The predicted octanol–water partition coefficient (Wildman–Crippen LogP) is 15.2. The molecule has 0 saturated carbocycles. The van der Waals surface area contributed by atoms with Crippen molar-refractivity contribution in [2.75, 3.05) is 9.71 Å². The minimum absolute atomic E-state index is 0.0290. The molecule has 0 N–H and O–H groups in total. The first-order valence-corrected chi connectivity index (χ1v) is 22.5. The number of hydrogen-bond donors (Lipinski definition) is 0. The molecule has 1 aromatic heterocycles. The number of anilines is 5. The van der Waals surface area contributed by atoms with E-state index in [-0.39, 0.29) is 28.5 Å². The Morgan fingerprint density at radius 2 is 0.984 bits per heavy atom. The molecule has 0 atom stereocenters. The summed E-state index contributed by atoms with van der Waals surface area (Å²) in [5, 5.41) is 2.25. The van der Waals surface area contributed by atoms with Crippen LogP contribution in [0.25, 0.3) is 44.2 Å². The van der Waals surface area contributed by atoms with E-state index < -0.39 is 0 Å². The van der Waals surface area contributed by atoms with E-state index in [0.29, 0.717) is 0 Å². The first kappa shape index (κ1) is 40.1. The SMILES string of the molecule is CC(C)(C)c1ccc(N2B3c4cc5oc6ccccc6c5cc4N(c4ccc(C(C)(C)C)cc4-c4ccccc4)c4cc(C(C)(C)C)cc(c43)-c3ccc(C(C)(C)C)cc32)cc1. The molecule has 3 nitrogen and oxygen atoms in total. The lowest BCUT2D eigenvalue weighted by Gasteiger charge is -2.47. The lowest BCUT2D eigenvalue weighted by Crippen LogP contribution is -2.61. The summed E-state index contributed by atoms with van der Waals surface area (Å²) in [6, 6.07) is 53.1. The molecule has 310 valence electrons. The van der Waals surface area contributed by atoms with E-state index in [0.717, 1.165) is 21.9 Å². The topological polar surface area (TPSA) is 19.6 Å².